The number of benzene rings is 3. The largest absolute Gasteiger partial charge is 0.444 e. The first kappa shape index (κ1) is 33.0. The van der Waals surface area contributed by atoms with Gasteiger partial charge in [0.1, 0.15) is 11.4 Å². The predicted octanol–water partition coefficient (Wildman–Crippen LogP) is 6.52. The van der Waals surface area contributed by atoms with E-state index in [2.05, 4.69) is 21.3 Å². The summed E-state index contributed by atoms with van der Waals surface area (Å²) < 4.78 is 10.9. The van der Waals surface area contributed by atoms with Crippen LogP contribution in [0.1, 0.15) is 53.5 Å². The second-order valence-electron chi connectivity index (χ2n) is 12.9. The summed E-state index contributed by atoms with van der Waals surface area (Å²) in [5.74, 6) is -1.16. The number of ether oxygens (including phenoxy) is 2. The van der Waals surface area contributed by atoms with E-state index in [1.165, 1.54) is 7.05 Å². The summed E-state index contributed by atoms with van der Waals surface area (Å²) in [5.41, 5.74) is 0.226. The van der Waals surface area contributed by atoms with Gasteiger partial charge in [-0.15, -0.1) is 0 Å². The highest BCUT2D eigenvalue weighted by Crippen LogP contribution is 2.44. The molecule has 0 fully saturated rings. The van der Waals surface area contributed by atoms with Crippen LogP contribution in [0.2, 0.25) is 0 Å². The molecule has 0 bridgehead atoms. The maximum atomic E-state index is 14.4. The molecule has 0 radical (unpaired) electrons. The van der Waals surface area contributed by atoms with E-state index < -0.39 is 40.6 Å². The molecule has 3 aromatic rings. The second kappa shape index (κ2) is 13.0. The Kier molecular flexibility index (Phi) is 9.56. The van der Waals surface area contributed by atoms with Gasteiger partial charge >= 0.3 is 12.2 Å². The molecule has 4 amide bonds. The molecule has 0 aliphatic carbocycles. The van der Waals surface area contributed by atoms with Gasteiger partial charge in [0.2, 0.25) is 11.8 Å². The fourth-order valence-electron chi connectivity index (χ4n) is 5.57. The molecule has 10 nitrogen and oxygen atoms in total. The number of aryl methyl sites for hydroxylation is 1. The van der Waals surface area contributed by atoms with Crippen LogP contribution in [0.25, 0.3) is 11.1 Å². The van der Waals surface area contributed by atoms with Crippen molar-refractivity contribution in [3.8, 4) is 16.9 Å². The Labute approximate surface area is 264 Å². The molecule has 238 valence electrons. The van der Waals surface area contributed by atoms with Crippen LogP contribution in [0.3, 0.4) is 0 Å². The highest BCUT2D eigenvalue weighted by molar-refractivity contribution is 6.03. The van der Waals surface area contributed by atoms with Gasteiger partial charge in [-0.05, 0) is 89.8 Å². The van der Waals surface area contributed by atoms with Crippen molar-refractivity contribution in [3.63, 3.8) is 0 Å². The van der Waals surface area contributed by atoms with Gasteiger partial charge in [0, 0.05) is 24.0 Å². The molecule has 1 aliphatic heterocycles. The quantitative estimate of drug-likeness (QED) is 0.239. The lowest BCUT2D eigenvalue weighted by molar-refractivity contribution is -0.141. The third-order valence-electron chi connectivity index (χ3n) is 8.32. The maximum absolute atomic E-state index is 14.4. The summed E-state index contributed by atoms with van der Waals surface area (Å²) in [6.45, 7) is 10.4. The third-order valence-corrected chi connectivity index (χ3v) is 8.32. The fraction of sp³-hybridized carbons (Fsp3) is 0.371. The average Bonchev–Trinajstić information content (AvgIpc) is 3.14. The van der Waals surface area contributed by atoms with Crippen molar-refractivity contribution in [2.45, 2.75) is 65.5 Å². The van der Waals surface area contributed by atoms with Gasteiger partial charge in [-0.25, -0.2) is 9.59 Å². The molecule has 45 heavy (non-hydrogen) atoms. The third kappa shape index (κ3) is 7.45. The van der Waals surface area contributed by atoms with Crippen molar-refractivity contribution in [2.75, 3.05) is 17.7 Å². The number of carbonyl (C=O) groups excluding carboxylic acids is 4. The standard InChI is InChI=1S/C35H42N4O6/c1-33(2,3)45-32(43)39-34(4,5)35(6,26-21-18-23-12-8-10-14-27(23)38-29(26)40)30(41)37-24-19-16-22(17-20-24)25-13-9-11-15-28(25)44-31(42)36-7/h8-17,19-20,26H,18,21H2,1-7H3,(H,36,42)(H,37,41)(H,38,40)(H,39,43)/t26-,35?/m0/s1. The average molecular weight is 615 g/mol. The van der Waals surface area contributed by atoms with Crippen LogP contribution in [0.15, 0.2) is 72.8 Å². The van der Waals surface area contributed by atoms with Crippen LogP contribution < -0.4 is 26.0 Å². The molecule has 0 aromatic heterocycles. The molecule has 2 atom stereocenters. The Morgan fingerprint density at radius 1 is 0.844 bits per heavy atom. The first-order valence-corrected chi connectivity index (χ1v) is 14.9. The molecule has 0 spiro atoms. The highest BCUT2D eigenvalue weighted by atomic mass is 16.6. The number of amides is 4. The van der Waals surface area contributed by atoms with Gasteiger partial charge in [-0.3, -0.25) is 9.59 Å². The number of nitrogens with one attached hydrogen (secondary N) is 4. The second-order valence-corrected chi connectivity index (χ2v) is 12.9. The van der Waals surface area contributed by atoms with Crippen LogP contribution in [-0.4, -0.2) is 42.2 Å². The minimum Gasteiger partial charge on any atom is -0.444 e. The Morgan fingerprint density at radius 2 is 1.49 bits per heavy atom. The Morgan fingerprint density at radius 3 is 2.16 bits per heavy atom. The van der Waals surface area contributed by atoms with E-state index in [9.17, 15) is 19.2 Å². The van der Waals surface area contributed by atoms with E-state index in [1.807, 2.05) is 36.4 Å². The summed E-state index contributed by atoms with van der Waals surface area (Å²) in [4.78, 5) is 53.0. The van der Waals surface area contributed by atoms with Gasteiger partial charge in [-0.2, -0.15) is 0 Å². The zero-order valence-electron chi connectivity index (χ0n) is 26.9. The zero-order valence-corrected chi connectivity index (χ0v) is 26.9. The lowest BCUT2D eigenvalue weighted by atomic mass is 9.62. The lowest BCUT2D eigenvalue weighted by Crippen LogP contribution is -2.64. The van der Waals surface area contributed by atoms with Crippen molar-refractivity contribution in [3.05, 3.63) is 78.4 Å². The van der Waals surface area contributed by atoms with Gasteiger partial charge in [0.25, 0.3) is 0 Å². The normalized spacial score (nSPS) is 16.2. The van der Waals surface area contributed by atoms with Gasteiger partial charge in [0.15, 0.2) is 0 Å². The number of carbonyl (C=O) groups is 4. The number of hydrogen-bond donors (Lipinski definition) is 4. The molecule has 0 saturated heterocycles. The minimum absolute atomic E-state index is 0.306. The molecule has 1 unspecified atom stereocenters. The zero-order chi connectivity index (χ0) is 33.0. The maximum Gasteiger partial charge on any atom is 0.412 e. The molecule has 1 aliphatic rings. The first-order chi connectivity index (χ1) is 21.1. The van der Waals surface area contributed by atoms with E-state index in [0.717, 1.165) is 11.1 Å². The number of para-hydroxylation sites is 2. The summed E-state index contributed by atoms with van der Waals surface area (Å²) >= 11 is 0. The lowest BCUT2D eigenvalue weighted by Gasteiger charge is -2.47. The van der Waals surface area contributed by atoms with Crippen LogP contribution in [-0.2, 0) is 20.7 Å². The SMILES string of the molecule is CNC(=O)Oc1ccccc1-c1ccc(NC(=O)C(C)([C@H]2CCc3ccccc3NC2=O)C(C)(C)NC(=O)OC(C)(C)C)cc1. The van der Waals surface area contributed by atoms with E-state index >= 15 is 0 Å². The van der Waals surface area contributed by atoms with Crippen LogP contribution in [0.4, 0.5) is 21.0 Å². The summed E-state index contributed by atoms with van der Waals surface area (Å²) in [6, 6.07) is 21.8. The summed E-state index contributed by atoms with van der Waals surface area (Å²) in [7, 11) is 1.48. The molecule has 4 rings (SSSR count). The minimum atomic E-state index is -1.43. The molecule has 10 heteroatoms. The molecule has 0 saturated carbocycles. The van der Waals surface area contributed by atoms with Crippen LogP contribution >= 0.6 is 0 Å². The molecule has 4 N–H and O–H groups in total. The predicted molar refractivity (Wildman–Crippen MR) is 174 cm³/mol. The Hall–Kier alpha value is -4.86. The van der Waals surface area contributed by atoms with Gasteiger partial charge in [0.05, 0.1) is 16.9 Å². The highest BCUT2D eigenvalue weighted by Gasteiger charge is 2.56. The van der Waals surface area contributed by atoms with E-state index in [4.69, 9.17) is 9.47 Å². The van der Waals surface area contributed by atoms with Crippen LogP contribution in [0.5, 0.6) is 5.75 Å². The van der Waals surface area contributed by atoms with Crippen molar-refractivity contribution < 1.29 is 28.7 Å². The smallest absolute Gasteiger partial charge is 0.412 e. The van der Waals surface area contributed by atoms with E-state index in [0.29, 0.717) is 35.5 Å². The Balaban J connectivity index is 1.66. The summed E-state index contributed by atoms with van der Waals surface area (Å²) in [5, 5.41) is 11.3. The number of fused-ring (bicyclic) bond motifs is 1. The number of alkyl carbamates (subject to hydrolysis) is 1. The monoisotopic (exact) mass is 614 g/mol. The molecule has 1 heterocycles. The number of hydrogen-bond acceptors (Lipinski definition) is 6. The molecular formula is C35H42N4O6. The number of rotatable bonds is 7. The van der Waals surface area contributed by atoms with Crippen molar-refractivity contribution >= 4 is 35.4 Å². The molecule has 3 aromatic carbocycles. The van der Waals surface area contributed by atoms with Crippen LogP contribution in [0, 0.1) is 11.3 Å². The van der Waals surface area contributed by atoms with Crippen molar-refractivity contribution in [1.29, 1.82) is 0 Å². The molecular weight excluding hydrogens is 572 g/mol. The van der Waals surface area contributed by atoms with E-state index in [1.54, 1.807) is 77.9 Å². The van der Waals surface area contributed by atoms with Gasteiger partial charge in [-0.1, -0.05) is 48.5 Å². The van der Waals surface area contributed by atoms with Crippen molar-refractivity contribution in [1.82, 2.24) is 10.6 Å². The Bertz CT molecular complexity index is 1580. The first-order valence-electron chi connectivity index (χ1n) is 14.9. The van der Waals surface area contributed by atoms with E-state index in [-0.39, 0.29) is 5.91 Å². The number of anilines is 2. The fourth-order valence-corrected chi connectivity index (χ4v) is 5.57. The van der Waals surface area contributed by atoms with Gasteiger partial charge < -0.3 is 30.7 Å². The van der Waals surface area contributed by atoms with Crippen molar-refractivity contribution in [2.24, 2.45) is 11.3 Å². The topological polar surface area (TPSA) is 135 Å². The summed E-state index contributed by atoms with van der Waals surface area (Å²) in [6.07, 6.45) is -0.325.